The van der Waals surface area contributed by atoms with Crippen molar-refractivity contribution in [2.45, 2.75) is 25.6 Å². The summed E-state index contributed by atoms with van der Waals surface area (Å²) in [5.41, 5.74) is 2.86. The fourth-order valence-corrected chi connectivity index (χ4v) is 2.78. The van der Waals surface area contributed by atoms with Gasteiger partial charge in [-0.2, -0.15) is 0 Å². The molecule has 0 radical (unpaired) electrons. The Morgan fingerprint density at radius 3 is 2.90 bits per heavy atom. The van der Waals surface area contributed by atoms with Gasteiger partial charge in [-0.25, -0.2) is 8.78 Å². The number of benzene rings is 2. The molecule has 110 valence electrons. The van der Waals surface area contributed by atoms with Gasteiger partial charge in [-0.1, -0.05) is 24.3 Å². The summed E-state index contributed by atoms with van der Waals surface area (Å²) in [7, 11) is 0. The smallest absolute Gasteiger partial charge is 0.127 e. The van der Waals surface area contributed by atoms with Crippen LogP contribution in [0.2, 0.25) is 0 Å². The molecule has 4 heteroatoms. The summed E-state index contributed by atoms with van der Waals surface area (Å²) >= 11 is 0. The van der Waals surface area contributed by atoms with Crippen LogP contribution in [0.3, 0.4) is 0 Å². The third-order valence-electron chi connectivity index (χ3n) is 3.90. The standard InChI is InChI=1S/C17H18F2N2/c18-14-5-6-16(19)13(9-14)11-21-17-7-8-20-10-12-3-1-2-4-15(12)17/h1-6,9,17,20-21H,7-8,10-11H2. The lowest BCUT2D eigenvalue weighted by Gasteiger charge is -2.19. The molecule has 0 spiro atoms. The summed E-state index contributed by atoms with van der Waals surface area (Å²) in [6, 6.07) is 12.0. The molecule has 0 aromatic heterocycles. The quantitative estimate of drug-likeness (QED) is 0.905. The van der Waals surface area contributed by atoms with Crippen molar-refractivity contribution in [1.29, 1.82) is 0 Å². The average molecular weight is 288 g/mol. The van der Waals surface area contributed by atoms with E-state index in [-0.39, 0.29) is 11.9 Å². The van der Waals surface area contributed by atoms with E-state index in [4.69, 9.17) is 0 Å². The van der Waals surface area contributed by atoms with Gasteiger partial charge in [0.25, 0.3) is 0 Å². The largest absolute Gasteiger partial charge is 0.313 e. The highest BCUT2D eigenvalue weighted by molar-refractivity contribution is 5.31. The molecular formula is C17H18F2N2. The maximum absolute atomic E-state index is 13.7. The van der Waals surface area contributed by atoms with E-state index in [1.807, 2.05) is 12.1 Å². The molecule has 21 heavy (non-hydrogen) atoms. The minimum absolute atomic E-state index is 0.152. The topological polar surface area (TPSA) is 24.1 Å². The summed E-state index contributed by atoms with van der Waals surface area (Å²) in [5, 5.41) is 6.73. The van der Waals surface area contributed by atoms with Crippen molar-refractivity contribution >= 4 is 0 Å². The maximum Gasteiger partial charge on any atom is 0.127 e. The van der Waals surface area contributed by atoms with Gasteiger partial charge < -0.3 is 10.6 Å². The molecule has 2 aromatic carbocycles. The molecule has 1 heterocycles. The van der Waals surface area contributed by atoms with E-state index >= 15 is 0 Å². The summed E-state index contributed by atoms with van der Waals surface area (Å²) in [6.07, 6.45) is 0.925. The van der Waals surface area contributed by atoms with Crippen LogP contribution < -0.4 is 10.6 Å². The van der Waals surface area contributed by atoms with Crippen molar-refractivity contribution in [3.05, 3.63) is 70.8 Å². The van der Waals surface area contributed by atoms with Gasteiger partial charge >= 0.3 is 0 Å². The third-order valence-corrected chi connectivity index (χ3v) is 3.90. The minimum Gasteiger partial charge on any atom is -0.313 e. The molecule has 1 aliphatic rings. The summed E-state index contributed by atoms with van der Waals surface area (Å²) in [6.45, 7) is 2.07. The molecule has 1 atom stereocenters. The van der Waals surface area contributed by atoms with Crippen molar-refractivity contribution in [3.63, 3.8) is 0 Å². The van der Waals surface area contributed by atoms with Crippen LogP contribution in [0.4, 0.5) is 8.78 Å². The first-order chi connectivity index (χ1) is 10.2. The molecule has 3 rings (SSSR count). The van der Waals surface area contributed by atoms with Crippen molar-refractivity contribution in [2.75, 3.05) is 6.54 Å². The van der Waals surface area contributed by atoms with Gasteiger partial charge in [-0.3, -0.25) is 0 Å². The zero-order chi connectivity index (χ0) is 14.7. The molecule has 0 amide bonds. The van der Waals surface area contributed by atoms with Gasteiger partial charge in [0, 0.05) is 24.7 Å². The third kappa shape index (κ3) is 3.28. The van der Waals surface area contributed by atoms with Crippen LogP contribution in [0.1, 0.15) is 29.2 Å². The van der Waals surface area contributed by atoms with Gasteiger partial charge in [0.15, 0.2) is 0 Å². The molecule has 1 aliphatic heterocycles. The number of hydrogen-bond acceptors (Lipinski definition) is 2. The Balaban J connectivity index is 1.77. The van der Waals surface area contributed by atoms with E-state index < -0.39 is 5.82 Å². The van der Waals surface area contributed by atoms with Crippen LogP contribution in [0.15, 0.2) is 42.5 Å². The normalized spacial score (nSPS) is 18.1. The Morgan fingerprint density at radius 1 is 1.14 bits per heavy atom. The molecule has 0 aliphatic carbocycles. The number of fused-ring (bicyclic) bond motifs is 1. The minimum atomic E-state index is -0.406. The second-order valence-corrected chi connectivity index (χ2v) is 5.33. The Morgan fingerprint density at radius 2 is 2.00 bits per heavy atom. The first-order valence-electron chi connectivity index (χ1n) is 7.20. The van der Waals surface area contributed by atoms with Crippen molar-refractivity contribution in [2.24, 2.45) is 0 Å². The number of rotatable bonds is 3. The van der Waals surface area contributed by atoms with Crippen molar-refractivity contribution in [1.82, 2.24) is 10.6 Å². The van der Waals surface area contributed by atoms with Crippen molar-refractivity contribution < 1.29 is 8.78 Å². The molecule has 2 aromatic rings. The lowest BCUT2D eigenvalue weighted by molar-refractivity contribution is 0.483. The van der Waals surface area contributed by atoms with Gasteiger partial charge in [0.05, 0.1) is 0 Å². The van der Waals surface area contributed by atoms with Crippen molar-refractivity contribution in [3.8, 4) is 0 Å². The van der Waals surface area contributed by atoms with E-state index in [0.29, 0.717) is 12.1 Å². The Hall–Kier alpha value is -1.78. The second-order valence-electron chi connectivity index (χ2n) is 5.33. The summed E-state index contributed by atoms with van der Waals surface area (Å²) in [4.78, 5) is 0. The fourth-order valence-electron chi connectivity index (χ4n) is 2.78. The summed E-state index contributed by atoms with van der Waals surface area (Å²) in [5.74, 6) is -0.778. The van der Waals surface area contributed by atoms with Crippen LogP contribution >= 0.6 is 0 Å². The zero-order valence-electron chi connectivity index (χ0n) is 11.7. The molecule has 2 nitrogen and oxygen atoms in total. The second kappa shape index (κ2) is 6.33. The highest BCUT2D eigenvalue weighted by Crippen LogP contribution is 2.24. The summed E-state index contributed by atoms with van der Waals surface area (Å²) < 4.78 is 26.9. The molecule has 2 N–H and O–H groups in total. The molecule has 0 saturated carbocycles. The molecular weight excluding hydrogens is 270 g/mol. The van der Waals surface area contributed by atoms with Gasteiger partial charge in [0.1, 0.15) is 11.6 Å². The number of hydrogen-bond donors (Lipinski definition) is 2. The monoisotopic (exact) mass is 288 g/mol. The van der Waals surface area contributed by atoms with E-state index in [9.17, 15) is 8.78 Å². The van der Waals surface area contributed by atoms with E-state index in [2.05, 4.69) is 22.8 Å². The van der Waals surface area contributed by atoms with Crippen LogP contribution in [-0.4, -0.2) is 6.54 Å². The van der Waals surface area contributed by atoms with Crippen LogP contribution in [0.5, 0.6) is 0 Å². The molecule has 1 unspecified atom stereocenters. The van der Waals surface area contributed by atoms with Crippen LogP contribution in [-0.2, 0) is 13.1 Å². The average Bonchev–Trinajstić information content (AvgIpc) is 2.70. The van der Waals surface area contributed by atoms with Gasteiger partial charge in [-0.15, -0.1) is 0 Å². The predicted molar refractivity (Wildman–Crippen MR) is 78.7 cm³/mol. The van der Waals surface area contributed by atoms with E-state index in [0.717, 1.165) is 25.6 Å². The Labute approximate surface area is 123 Å². The molecule has 0 fully saturated rings. The van der Waals surface area contributed by atoms with Crippen LogP contribution in [0, 0.1) is 11.6 Å². The SMILES string of the molecule is Fc1ccc(F)c(CNC2CCNCc3ccccc32)c1. The highest BCUT2D eigenvalue weighted by atomic mass is 19.1. The Bertz CT molecular complexity index is 628. The maximum atomic E-state index is 13.7. The predicted octanol–water partition coefficient (Wildman–Crippen LogP) is 3.29. The lowest BCUT2D eigenvalue weighted by Crippen LogP contribution is -2.23. The first kappa shape index (κ1) is 14.2. The fraction of sp³-hybridized carbons (Fsp3) is 0.294. The van der Waals surface area contributed by atoms with Gasteiger partial charge in [-0.05, 0) is 42.3 Å². The first-order valence-corrected chi connectivity index (χ1v) is 7.20. The van der Waals surface area contributed by atoms with Gasteiger partial charge in [0.2, 0.25) is 0 Å². The van der Waals surface area contributed by atoms with Crippen LogP contribution in [0.25, 0.3) is 0 Å². The lowest BCUT2D eigenvalue weighted by atomic mass is 9.99. The van der Waals surface area contributed by atoms with E-state index in [1.54, 1.807) is 0 Å². The number of nitrogens with one attached hydrogen (secondary N) is 2. The highest BCUT2D eigenvalue weighted by Gasteiger charge is 2.18. The Kier molecular flexibility index (Phi) is 4.27. The zero-order valence-corrected chi connectivity index (χ0v) is 11.7. The molecule has 0 saturated heterocycles. The van der Waals surface area contributed by atoms with E-state index in [1.165, 1.54) is 23.3 Å². The molecule has 0 bridgehead atoms. The number of halogens is 2.